The molecule has 0 bridgehead atoms. The number of nitrogens with zero attached hydrogens (tertiary/aromatic N) is 2. The zero-order chi connectivity index (χ0) is 13.1. The molecule has 0 amide bonds. The van der Waals surface area contributed by atoms with Gasteiger partial charge in [0.1, 0.15) is 11.6 Å². The second-order valence-corrected chi connectivity index (χ2v) is 3.68. The highest BCUT2D eigenvalue weighted by Gasteiger charge is 2.06. The molecule has 1 aromatic heterocycles. The Kier molecular flexibility index (Phi) is 3.18. The molecule has 0 saturated heterocycles. The van der Waals surface area contributed by atoms with Crippen LogP contribution >= 0.6 is 0 Å². The number of hydrogen-bond donors (Lipinski definition) is 2. The number of benzene rings is 1. The maximum atomic E-state index is 13.3. The molecule has 0 radical (unpaired) electrons. The monoisotopic (exact) mass is 247 g/mol. The number of aromatic carboxylic acids is 1. The lowest BCUT2D eigenvalue weighted by atomic mass is 10.2. The summed E-state index contributed by atoms with van der Waals surface area (Å²) in [4.78, 5) is 18.3. The Hall–Kier alpha value is -2.50. The van der Waals surface area contributed by atoms with Crippen molar-refractivity contribution in [2.45, 2.75) is 6.92 Å². The van der Waals surface area contributed by atoms with Crippen LogP contribution in [-0.4, -0.2) is 21.0 Å². The lowest BCUT2D eigenvalue weighted by Gasteiger charge is -2.06. The van der Waals surface area contributed by atoms with Gasteiger partial charge in [0.05, 0.1) is 12.4 Å². The molecule has 0 atom stereocenters. The predicted molar refractivity (Wildman–Crippen MR) is 63.4 cm³/mol. The van der Waals surface area contributed by atoms with E-state index in [0.717, 1.165) is 6.20 Å². The van der Waals surface area contributed by atoms with Crippen LogP contribution < -0.4 is 5.32 Å². The van der Waals surface area contributed by atoms with Gasteiger partial charge >= 0.3 is 5.97 Å². The molecule has 1 heterocycles. The third-order valence-corrected chi connectivity index (χ3v) is 2.30. The first-order valence-electron chi connectivity index (χ1n) is 5.15. The van der Waals surface area contributed by atoms with Crippen molar-refractivity contribution < 1.29 is 14.3 Å². The summed E-state index contributed by atoms with van der Waals surface area (Å²) < 4.78 is 13.3. The van der Waals surface area contributed by atoms with Crippen LogP contribution in [0.3, 0.4) is 0 Å². The summed E-state index contributed by atoms with van der Waals surface area (Å²) in [5.74, 6) is -1.26. The predicted octanol–water partition coefficient (Wildman–Crippen LogP) is 2.37. The number of aryl methyl sites for hydroxylation is 1. The molecule has 2 rings (SSSR count). The van der Waals surface area contributed by atoms with Crippen molar-refractivity contribution in [3.05, 3.63) is 47.7 Å². The molecule has 92 valence electrons. The fourth-order valence-corrected chi connectivity index (χ4v) is 1.35. The zero-order valence-corrected chi connectivity index (χ0v) is 9.51. The summed E-state index contributed by atoms with van der Waals surface area (Å²) in [5.41, 5.74) is 0.841. The van der Waals surface area contributed by atoms with Gasteiger partial charge in [0.2, 0.25) is 0 Å². The highest BCUT2D eigenvalue weighted by molar-refractivity contribution is 5.85. The zero-order valence-electron chi connectivity index (χ0n) is 9.51. The first-order chi connectivity index (χ1) is 8.56. The lowest BCUT2D eigenvalue weighted by molar-refractivity contribution is 0.0690. The minimum absolute atomic E-state index is 0.174. The van der Waals surface area contributed by atoms with Gasteiger partial charge < -0.3 is 10.4 Å². The van der Waals surface area contributed by atoms with Crippen molar-refractivity contribution in [1.29, 1.82) is 0 Å². The first kappa shape index (κ1) is 12.0. The minimum atomic E-state index is -1.17. The number of carbonyl (C=O) groups is 1. The van der Waals surface area contributed by atoms with Crippen molar-refractivity contribution >= 4 is 17.5 Å². The highest BCUT2D eigenvalue weighted by atomic mass is 19.1. The van der Waals surface area contributed by atoms with Gasteiger partial charge in [0, 0.05) is 5.69 Å². The summed E-state index contributed by atoms with van der Waals surface area (Å²) in [7, 11) is 0. The van der Waals surface area contributed by atoms with E-state index in [-0.39, 0.29) is 17.3 Å². The van der Waals surface area contributed by atoms with Crippen LogP contribution in [0.5, 0.6) is 0 Å². The number of rotatable bonds is 3. The van der Waals surface area contributed by atoms with Gasteiger partial charge in [0.25, 0.3) is 0 Å². The molecule has 0 fully saturated rings. The van der Waals surface area contributed by atoms with Crippen molar-refractivity contribution in [3.8, 4) is 0 Å². The van der Waals surface area contributed by atoms with Crippen LogP contribution in [0.15, 0.2) is 30.6 Å². The largest absolute Gasteiger partial charge is 0.476 e. The van der Waals surface area contributed by atoms with E-state index in [4.69, 9.17) is 5.11 Å². The number of halogens is 1. The Balaban J connectivity index is 2.25. The smallest absolute Gasteiger partial charge is 0.356 e. The molecule has 6 heteroatoms. The van der Waals surface area contributed by atoms with Crippen LogP contribution in [0.2, 0.25) is 0 Å². The summed E-state index contributed by atoms with van der Waals surface area (Å²) in [6.45, 7) is 1.66. The summed E-state index contributed by atoms with van der Waals surface area (Å²) in [6.07, 6.45) is 2.51. The molecule has 5 nitrogen and oxygen atoms in total. The number of carboxylic acids is 1. The van der Waals surface area contributed by atoms with E-state index in [1.807, 2.05) is 0 Å². The van der Waals surface area contributed by atoms with E-state index < -0.39 is 5.97 Å². The Morgan fingerprint density at radius 1 is 1.39 bits per heavy atom. The van der Waals surface area contributed by atoms with Crippen molar-refractivity contribution in [2.75, 3.05) is 5.32 Å². The standard InChI is InChI=1S/C12H10FN3O2/c1-7-2-3-8(4-9(7)13)15-11-6-14-5-10(16-11)12(17)18/h2-6H,1H3,(H,15,16)(H,17,18). The second-order valence-electron chi connectivity index (χ2n) is 3.68. The van der Waals surface area contributed by atoms with Crippen LogP contribution in [-0.2, 0) is 0 Å². The maximum absolute atomic E-state index is 13.3. The molecule has 0 spiro atoms. The Bertz CT molecular complexity index is 602. The summed E-state index contributed by atoms with van der Waals surface area (Å²) in [5, 5.41) is 11.6. The molecule has 1 aromatic carbocycles. The first-order valence-corrected chi connectivity index (χ1v) is 5.15. The number of anilines is 2. The van der Waals surface area contributed by atoms with Gasteiger partial charge in [-0.15, -0.1) is 0 Å². The summed E-state index contributed by atoms with van der Waals surface area (Å²) in [6, 6.07) is 4.60. The van der Waals surface area contributed by atoms with Crippen LogP contribution in [0.25, 0.3) is 0 Å². The van der Waals surface area contributed by atoms with Gasteiger partial charge in [-0.05, 0) is 24.6 Å². The van der Waals surface area contributed by atoms with E-state index in [9.17, 15) is 9.18 Å². The van der Waals surface area contributed by atoms with Gasteiger partial charge in [0.15, 0.2) is 5.69 Å². The van der Waals surface area contributed by atoms with Gasteiger partial charge in [-0.3, -0.25) is 4.98 Å². The van der Waals surface area contributed by atoms with Crippen molar-refractivity contribution in [2.24, 2.45) is 0 Å². The Morgan fingerprint density at radius 3 is 2.83 bits per heavy atom. The van der Waals surface area contributed by atoms with Gasteiger partial charge in [-0.1, -0.05) is 6.07 Å². The number of nitrogens with one attached hydrogen (secondary N) is 1. The maximum Gasteiger partial charge on any atom is 0.356 e. The van der Waals surface area contributed by atoms with Gasteiger partial charge in [-0.25, -0.2) is 14.2 Å². The summed E-state index contributed by atoms with van der Waals surface area (Å²) >= 11 is 0. The number of hydrogen-bond acceptors (Lipinski definition) is 4. The molecule has 0 aliphatic rings. The molecule has 0 aliphatic carbocycles. The Morgan fingerprint density at radius 2 is 2.17 bits per heavy atom. The van der Waals surface area contributed by atoms with Crippen LogP contribution in [0.1, 0.15) is 16.1 Å². The Labute approximate surface area is 102 Å². The van der Waals surface area contributed by atoms with Crippen molar-refractivity contribution in [3.63, 3.8) is 0 Å². The molecule has 2 aromatic rings. The SMILES string of the molecule is Cc1ccc(Nc2cncc(C(=O)O)n2)cc1F. The molecule has 0 saturated carbocycles. The van der Waals surface area contributed by atoms with Crippen LogP contribution in [0.4, 0.5) is 15.9 Å². The quantitative estimate of drug-likeness (QED) is 0.870. The molecule has 18 heavy (non-hydrogen) atoms. The molecule has 0 aliphatic heterocycles. The molecular weight excluding hydrogens is 237 g/mol. The topological polar surface area (TPSA) is 75.1 Å². The third-order valence-electron chi connectivity index (χ3n) is 2.30. The lowest BCUT2D eigenvalue weighted by Crippen LogP contribution is -2.04. The molecular formula is C12H10FN3O2. The normalized spacial score (nSPS) is 10.1. The van der Waals surface area contributed by atoms with E-state index in [1.54, 1.807) is 19.1 Å². The minimum Gasteiger partial charge on any atom is -0.476 e. The van der Waals surface area contributed by atoms with Crippen LogP contribution in [0, 0.1) is 12.7 Å². The van der Waals surface area contributed by atoms with E-state index in [1.165, 1.54) is 12.3 Å². The van der Waals surface area contributed by atoms with E-state index >= 15 is 0 Å². The molecule has 2 N–H and O–H groups in total. The number of carboxylic acid groups (broad SMARTS) is 1. The average Bonchev–Trinajstić information content (AvgIpc) is 2.34. The van der Waals surface area contributed by atoms with E-state index in [2.05, 4.69) is 15.3 Å². The van der Waals surface area contributed by atoms with E-state index in [0.29, 0.717) is 11.3 Å². The third kappa shape index (κ3) is 2.60. The highest BCUT2D eigenvalue weighted by Crippen LogP contribution is 2.17. The average molecular weight is 247 g/mol. The fraction of sp³-hybridized carbons (Fsp3) is 0.0833. The van der Waals surface area contributed by atoms with Gasteiger partial charge in [-0.2, -0.15) is 0 Å². The fourth-order valence-electron chi connectivity index (χ4n) is 1.35. The molecule has 0 unspecified atom stereocenters. The number of aromatic nitrogens is 2. The second kappa shape index (κ2) is 4.79. The van der Waals surface area contributed by atoms with Crippen molar-refractivity contribution in [1.82, 2.24) is 9.97 Å².